The summed E-state index contributed by atoms with van der Waals surface area (Å²) in [7, 11) is 0. The Balaban J connectivity index is 2.01. The monoisotopic (exact) mass is 299 g/mol. The maximum absolute atomic E-state index is 4.14. The first-order chi connectivity index (χ1) is 8.18. The molecule has 1 aromatic rings. The van der Waals surface area contributed by atoms with E-state index < -0.39 is 0 Å². The molecule has 0 aliphatic carbocycles. The van der Waals surface area contributed by atoms with E-state index >= 15 is 0 Å². The van der Waals surface area contributed by atoms with Gasteiger partial charge in [-0.1, -0.05) is 39.5 Å². The van der Waals surface area contributed by atoms with Crippen molar-refractivity contribution in [2.75, 3.05) is 11.9 Å². The lowest BCUT2D eigenvalue weighted by molar-refractivity contribution is 0.523. The summed E-state index contributed by atoms with van der Waals surface area (Å²) in [4.78, 5) is 8.14. The van der Waals surface area contributed by atoms with Crippen molar-refractivity contribution in [3.05, 3.63) is 17.0 Å². The fraction of sp³-hybridized carbons (Fsp3) is 0.692. The van der Waals surface area contributed by atoms with Gasteiger partial charge in [0.15, 0.2) is 0 Å². The number of hydrogen-bond acceptors (Lipinski definition) is 3. The number of halogens is 1. The van der Waals surface area contributed by atoms with Gasteiger partial charge in [-0.25, -0.2) is 9.97 Å². The third kappa shape index (κ3) is 7.31. The van der Waals surface area contributed by atoms with Gasteiger partial charge in [0.1, 0.15) is 16.7 Å². The highest BCUT2D eigenvalue weighted by atomic mass is 79.9. The fourth-order valence-corrected chi connectivity index (χ4v) is 1.99. The zero-order chi connectivity index (χ0) is 12.5. The Labute approximate surface area is 113 Å². The molecule has 0 fully saturated rings. The molecular formula is C13H22BrN3. The van der Waals surface area contributed by atoms with Crippen molar-refractivity contribution in [3.8, 4) is 0 Å². The van der Waals surface area contributed by atoms with Crippen molar-refractivity contribution in [3.63, 3.8) is 0 Å². The highest BCUT2D eigenvalue weighted by Crippen LogP contribution is 2.11. The summed E-state index contributed by atoms with van der Waals surface area (Å²) in [6.07, 6.45) is 8.12. The zero-order valence-corrected chi connectivity index (χ0v) is 12.3. The highest BCUT2D eigenvalue weighted by Gasteiger charge is 1.96. The summed E-state index contributed by atoms with van der Waals surface area (Å²) in [5, 5.41) is 3.30. The van der Waals surface area contributed by atoms with Crippen LogP contribution in [0.4, 0.5) is 5.82 Å². The van der Waals surface area contributed by atoms with Gasteiger partial charge in [0, 0.05) is 12.6 Å². The van der Waals surface area contributed by atoms with Crippen molar-refractivity contribution >= 4 is 21.7 Å². The van der Waals surface area contributed by atoms with Crippen LogP contribution in [0.25, 0.3) is 0 Å². The third-order valence-electron chi connectivity index (χ3n) is 2.65. The zero-order valence-electron chi connectivity index (χ0n) is 10.7. The molecule has 96 valence electrons. The van der Waals surface area contributed by atoms with E-state index in [1.54, 1.807) is 6.33 Å². The molecule has 1 heterocycles. The molecule has 0 spiro atoms. The van der Waals surface area contributed by atoms with Gasteiger partial charge in [-0.05, 0) is 28.3 Å². The molecule has 4 heteroatoms. The van der Waals surface area contributed by atoms with Crippen molar-refractivity contribution in [2.45, 2.75) is 46.0 Å². The number of unbranched alkanes of at least 4 members (excludes halogenated alkanes) is 3. The first kappa shape index (κ1) is 14.4. The average Bonchev–Trinajstić information content (AvgIpc) is 2.27. The summed E-state index contributed by atoms with van der Waals surface area (Å²) in [6.45, 7) is 5.56. The average molecular weight is 300 g/mol. The van der Waals surface area contributed by atoms with Crippen LogP contribution >= 0.6 is 15.9 Å². The van der Waals surface area contributed by atoms with Crippen LogP contribution in [0.5, 0.6) is 0 Å². The van der Waals surface area contributed by atoms with Crippen LogP contribution in [-0.4, -0.2) is 16.5 Å². The van der Waals surface area contributed by atoms with Crippen molar-refractivity contribution < 1.29 is 0 Å². The Kier molecular flexibility index (Phi) is 7.17. The van der Waals surface area contributed by atoms with Crippen molar-refractivity contribution in [1.82, 2.24) is 9.97 Å². The Morgan fingerprint density at radius 1 is 1.18 bits per heavy atom. The Bertz CT molecular complexity index is 315. The number of anilines is 1. The topological polar surface area (TPSA) is 37.8 Å². The largest absolute Gasteiger partial charge is 0.370 e. The minimum Gasteiger partial charge on any atom is -0.370 e. The lowest BCUT2D eigenvalue weighted by Crippen LogP contribution is -2.03. The second-order valence-electron chi connectivity index (χ2n) is 4.75. The molecule has 0 aromatic carbocycles. The van der Waals surface area contributed by atoms with E-state index in [-0.39, 0.29) is 0 Å². The molecule has 0 saturated heterocycles. The molecule has 1 aromatic heterocycles. The Morgan fingerprint density at radius 2 is 1.94 bits per heavy atom. The molecule has 0 atom stereocenters. The second-order valence-corrected chi connectivity index (χ2v) is 5.56. The quantitative estimate of drug-likeness (QED) is 0.576. The smallest absolute Gasteiger partial charge is 0.130 e. The Hall–Kier alpha value is -0.640. The number of hydrogen-bond donors (Lipinski definition) is 1. The lowest BCUT2D eigenvalue weighted by Gasteiger charge is -2.06. The second kappa shape index (κ2) is 8.45. The molecule has 0 unspecified atom stereocenters. The van der Waals surface area contributed by atoms with Gasteiger partial charge in [0.2, 0.25) is 0 Å². The van der Waals surface area contributed by atoms with E-state index in [0.29, 0.717) is 0 Å². The number of rotatable bonds is 8. The van der Waals surface area contributed by atoms with Crippen LogP contribution in [-0.2, 0) is 0 Å². The highest BCUT2D eigenvalue weighted by molar-refractivity contribution is 9.10. The standard InChI is InChI=1S/C13H22BrN3/c1-11(2)7-5-3-4-6-8-15-13-9-12(14)16-10-17-13/h9-11H,3-8H2,1-2H3,(H,15,16,17). The summed E-state index contributed by atoms with van der Waals surface area (Å²) in [5.74, 6) is 1.74. The van der Waals surface area contributed by atoms with Crippen molar-refractivity contribution in [1.29, 1.82) is 0 Å². The van der Waals surface area contributed by atoms with Crippen LogP contribution in [0, 0.1) is 5.92 Å². The van der Waals surface area contributed by atoms with Crippen molar-refractivity contribution in [2.24, 2.45) is 5.92 Å². The van der Waals surface area contributed by atoms with Gasteiger partial charge >= 0.3 is 0 Å². The first-order valence-corrected chi connectivity index (χ1v) is 7.19. The van der Waals surface area contributed by atoms with Gasteiger partial charge in [-0.3, -0.25) is 0 Å². The van der Waals surface area contributed by atoms with Crippen LogP contribution in [0.2, 0.25) is 0 Å². The van der Waals surface area contributed by atoms with Gasteiger partial charge < -0.3 is 5.32 Å². The summed E-state index contributed by atoms with van der Waals surface area (Å²) in [5.41, 5.74) is 0. The predicted molar refractivity (Wildman–Crippen MR) is 76.1 cm³/mol. The number of aromatic nitrogens is 2. The van der Waals surface area contributed by atoms with E-state index in [4.69, 9.17) is 0 Å². The predicted octanol–water partition coefficient (Wildman–Crippen LogP) is 4.26. The number of nitrogens with zero attached hydrogens (tertiary/aromatic N) is 2. The van der Waals surface area contributed by atoms with E-state index in [1.807, 2.05) is 6.07 Å². The molecule has 1 N–H and O–H groups in total. The molecule has 0 saturated carbocycles. The molecule has 3 nitrogen and oxygen atoms in total. The third-order valence-corrected chi connectivity index (χ3v) is 3.08. The van der Waals surface area contributed by atoms with Crippen LogP contribution in [0.1, 0.15) is 46.0 Å². The molecule has 0 bridgehead atoms. The molecular weight excluding hydrogens is 278 g/mol. The lowest BCUT2D eigenvalue weighted by atomic mass is 10.0. The van der Waals surface area contributed by atoms with Gasteiger partial charge in [0.25, 0.3) is 0 Å². The summed E-state index contributed by atoms with van der Waals surface area (Å²) >= 11 is 3.33. The Morgan fingerprint density at radius 3 is 2.65 bits per heavy atom. The molecule has 1 rings (SSSR count). The van der Waals surface area contributed by atoms with E-state index in [1.165, 1.54) is 32.1 Å². The van der Waals surface area contributed by atoms with Crippen LogP contribution < -0.4 is 5.32 Å². The SMILES string of the molecule is CC(C)CCCCCCNc1cc(Br)ncn1. The molecule has 0 aliphatic heterocycles. The molecule has 0 radical (unpaired) electrons. The summed E-state index contributed by atoms with van der Waals surface area (Å²) in [6, 6.07) is 1.90. The van der Waals surface area contributed by atoms with Gasteiger partial charge in [-0.2, -0.15) is 0 Å². The molecule has 17 heavy (non-hydrogen) atoms. The fourth-order valence-electron chi connectivity index (χ4n) is 1.68. The summed E-state index contributed by atoms with van der Waals surface area (Å²) < 4.78 is 0.826. The van der Waals surface area contributed by atoms with Gasteiger partial charge in [-0.15, -0.1) is 0 Å². The van der Waals surface area contributed by atoms with Crippen LogP contribution in [0.15, 0.2) is 17.0 Å². The van der Waals surface area contributed by atoms with E-state index in [9.17, 15) is 0 Å². The molecule has 0 amide bonds. The van der Waals surface area contributed by atoms with Crippen LogP contribution in [0.3, 0.4) is 0 Å². The maximum atomic E-state index is 4.14. The number of nitrogens with one attached hydrogen (secondary N) is 1. The molecule has 0 aliphatic rings. The van der Waals surface area contributed by atoms with E-state index in [2.05, 4.69) is 45.1 Å². The van der Waals surface area contributed by atoms with Gasteiger partial charge in [0.05, 0.1) is 0 Å². The normalized spacial score (nSPS) is 10.8. The minimum atomic E-state index is 0.826. The maximum Gasteiger partial charge on any atom is 0.130 e. The minimum absolute atomic E-state index is 0.826. The first-order valence-electron chi connectivity index (χ1n) is 6.40. The van der Waals surface area contributed by atoms with E-state index in [0.717, 1.165) is 22.9 Å².